The summed E-state index contributed by atoms with van der Waals surface area (Å²) in [5.41, 5.74) is 5.08. The highest BCUT2D eigenvalue weighted by atomic mass is 16.4. The maximum atomic E-state index is 14.7. The monoisotopic (exact) mass is 1920 g/mol. The summed E-state index contributed by atoms with van der Waals surface area (Å²) in [5.74, 6) is -24.7. The third-order valence-corrected chi connectivity index (χ3v) is 22.1. The fourth-order valence-corrected chi connectivity index (χ4v) is 14.0. The van der Waals surface area contributed by atoms with Crippen LogP contribution in [-0.2, 0) is 106 Å². The quantitative estimate of drug-likeness (QED) is 0.0113. The first-order chi connectivity index (χ1) is 64.6. The number of nitrogens with two attached hydrogens (primary N) is 1. The van der Waals surface area contributed by atoms with Crippen molar-refractivity contribution in [2.45, 2.75) is 243 Å². The molecule has 0 unspecified atom stereocenters. The Morgan fingerprint density at radius 2 is 0.788 bits per heavy atom. The van der Waals surface area contributed by atoms with E-state index >= 15 is 0 Å². The first kappa shape index (κ1) is 113. The number of carbonyl (C=O) groups is 20. The van der Waals surface area contributed by atoms with Gasteiger partial charge in [0.15, 0.2) is 0 Å². The third kappa shape index (κ3) is 36.9. The average Bonchev–Trinajstić information content (AvgIpc) is 1.64. The van der Waals surface area contributed by atoms with Crippen LogP contribution in [0.2, 0.25) is 0 Å². The number of carboxylic acids is 3. The first-order valence-corrected chi connectivity index (χ1v) is 44.6. The number of aromatic hydroxyl groups is 2. The molecule has 4 aromatic rings. The number of nitrogens with zero attached hydrogens (tertiary/aromatic N) is 1. The number of benzene rings is 4. The van der Waals surface area contributed by atoms with Gasteiger partial charge in [-0.15, -0.1) is 0 Å². The van der Waals surface area contributed by atoms with Gasteiger partial charge in [-0.1, -0.05) is 107 Å². The van der Waals surface area contributed by atoms with Crippen LogP contribution in [0.25, 0.3) is 0 Å². The molecule has 750 valence electrons. The molecule has 0 fully saturated rings. The fourth-order valence-electron chi connectivity index (χ4n) is 14.0. The van der Waals surface area contributed by atoms with E-state index in [0.717, 1.165) is 18.7 Å². The lowest BCUT2D eigenvalue weighted by atomic mass is 9.90. The van der Waals surface area contributed by atoms with Gasteiger partial charge in [-0.2, -0.15) is 0 Å². The number of carboxylic acid groups (broad SMARTS) is 3. The summed E-state index contributed by atoms with van der Waals surface area (Å²) in [6.07, 6.45) is -6.11. The Labute approximate surface area is 789 Å². The number of phenolic OH excluding ortho intramolecular Hbond substituents is 2. The molecule has 0 bridgehead atoms. The number of nitrogens with one attached hydrogen (secondary N) is 15. The van der Waals surface area contributed by atoms with Crippen molar-refractivity contribution in [1.82, 2.24) is 84.7 Å². The zero-order chi connectivity index (χ0) is 102. The summed E-state index contributed by atoms with van der Waals surface area (Å²) in [5, 5.41) is 128. The van der Waals surface area contributed by atoms with Crippen molar-refractivity contribution in [3.05, 3.63) is 131 Å². The standard InChI is InChI=1S/C91H127N17O29/c1-10-48(4)72(84(131)100-62(41-54-27-31-56(114)32-28-54)78(125)96-60(38-47(2)3)77(124)98-64(42-70(118)119)76(123)95-49(5)20-16-17-35-92)106-83(130)67(46-110)102-79(126)61(40-53-25-29-55(113)30-26-53)97-80(127)65(43-71(120)121)99-82(129)66(45-109)103-86(133)74(51(7)112)107-81(128)63(39-52-21-12-11-13-22-52)101-85(132)73(50(6)111)105-68(115)44-94-75(122)59(33-34-69(116)117)104-90(137)91(8,9)89(136)93-36-18-19-37-108-87(134)57-23-14-15-24-58(57)88(108)135/h11-15,21-32,47-51,59-67,72-74,109-114H,10,16-20,33-46,92H2,1-9H3,(H,93,136)(H,94,122)(H,95,123)(H,96,125)(H,97,127)(H,98,124)(H,99,129)(H,100,131)(H,101,132)(H,102,126)(H,103,133)(H,104,137)(H,105,115)(H,106,130)(H,107,128)(H,116,117)(H,118,119)(H,120,121)/t48-,49+,50+,51+,59-,60-,61-,62-,63-,64-,65-,66-,67-,72-,73-,74-/m0/s1. The Bertz CT molecular complexity index is 4850. The summed E-state index contributed by atoms with van der Waals surface area (Å²) in [6.45, 7) is 9.52. The second kappa shape index (κ2) is 55.7. The number of phenols is 2. The summed E-state index contributed by atoms with van der Waals surface area (Å²) < 4.78 is 0. The summed E-state index contributed by atoms with van der Waals surface area (Å²) in [4.78, 5) is 274. The number of hydrogen-bond donors (Lipinski definition) is 25. The van der Waals surface area contributed by atoms with Gasteiger partial charge in [-0.3, -0.25) is 101 Å². The Morgan fingerprint density at radius 1 is 0.394 bits per heavy atom. The molecular weight excluding hydrogens is 1800 g/mol. The van der Waals surface area contributed by atoms with E-state index in [9.17, 15) is 142 Å². The second-order valence-corrected chi connectivity index (χ2v) is 34.3. The Morgan fingerprint density at radius 3 is 1.25 bits per heavy atom. The Hall–Kier alpha value is -14.1. The van der Waals surface area contributed by atoms with E-state index in [1.165, 1.54) is 93.6 Å². The molecule has 4 aromatic carbocycles. The van der Waals surface area contributed by atoms with Gasteiger partial charge in [0.2, 0.25) is 88.6 Å². The molecule has 5 rings (SSSR count). The number of aliphatic hydroxyl groups excluding tert-OH is 4. The van der Waals surface area contributed by atoms with Crippen LogP contribution in [0.1, 0.15) is 170 Å². The van der Waals surface area contributed by atoms with Crippen LogP contribution in [0.4, 0.5) is 0 Å². The number of unbranched alkanes of at least 4 members (excludes halogenated alkanes) is 2. The molecule has 0 spiro atoms. The summed E-state index contributed by atoms with van der Waals surface area (Å²) in [6, 6.07) is 1.68. The lowest BCUT2D eigenvalue weighted by molar-refractivity contribution is -0.144. The van der Waals surface area contributed by atoms with Gasteiger partial charge >= 0.3 is 17.9 Å². The molecule has 46 heteroatoms. The largest absolute Gasteiger partial charge is 0.508 e. The topological polar surface area (TPSA) is 733 Å². The predicted molar refractivity (Wildman–Crippen MR) is 486 cm³/mol. The molecule has 26 N–H and O–H groups in total. The molecule has 16 atom stereocenters. The van der Waals surface area contributed by atoms with Crippen LogP contribution in [0, 0.1) is 17.3 Å². The number of amides is 17. The fraction of sp³-hybridized carbons (Fsp3) is 0.516. The smallest absolute Gasteiger partial charge is 0.305 e. The highest BCUT2D eigenvalue weighted by Gasteiger charge is 2.43. The SMILES string of the molecule is CC[C@H](C)[C@H](NC(=O)[C@H](CO)NC(=O)[C@H](Cc1ccc(O)cc1)NC(=O)[C@H](CC(=O)O)NC(=O)[C@H](CO)NC(=O)[C@@H](NC(=O)[C@H](Cc1ccccc1)NC(=O)[C@@H](NC(=O)CNC(=O)[C@H](CCC(=O)O)NC(=O)C(C)(C)C(=O)NCCCCN1C(=O)c2ccccc2C1=O)[C@@H](C)O)[C@@H](C)O)C(=O)N[C@@H](Cc1ccc(O)cc1)C(=O)N[C@@H](CC(C)C)C(=O)N[C@@H](CC(=O)O)C(=O)N[C@H](C)CCCCN. The first-order valence-electron chi connectivity index (χ1n) is 44.6. The van der Waals surface area contributed by atoms with E-state index in [2.05, 4.69) is 79.8 Å². The number of imide groups is 1. The van der Waals surface area contributed by atoms with Crippen molar-refractivity contribution >= 4 is 118 Å². The van der Waals surface area contributed by atoms with Crippen molar-refractivity contribution in [1.29, 1.82) is 0 Å². The van der Waals surface area contributed by atoms with E-state index in [1.807, 2.05) is 0 Å². The number of carbonyl (C=O) groups excluding carboxylic acids is 17. The van der Waals surface area contributed by atoms with Crippen LogP contribution in [0.15, 0.2) is 103 Å². The van der Waals surface area contributed by atoms with E-state index in [0.29, 0.717) is 36.9 Å². The molecule has 0 saturated heterocycles. The predicted octanol–water partition coefficient (Wildman–Crippen LogP) is -4.44. The third-order valence-electron chi connectivity index (χ3n) is 22.1. The summed E-state index contributed by atoms with van der Waals surface area (Å²) >= 11 is 0. The molecule has 1 aliphatic rings. The van der Waals surface area contributed by atoms with Crippen molar-refractivity contribution < 1.29 is 142 Å². The molecule has 0 saturated carbocycles. The van der Waals surface area contributed by atoms with Gasteiger partial charge in [-0.25, -0.2) is 0 Å². The van der Waals surface area contributed by atoms with Crippen LogP contribution in [0.3, 0.4) is 0 Å². The van der Waals surface area contributed by atoms with Gasteiger partial charge in [0.1, 0.15) is 89.4 Å². The highest BCUT2D eigenvalue weighted by molar-refractivity contribution is 6.21. The van der Waals surface area contributed by atoms with Gasteiger partial charge < -0.3 is 131 Å². The molecular formula is C91H127N17O29. The molecule has 1 heterocycles. The number of rotatable bonds is 59. The van der Waals surface area contributed by atoms with E-state index in [1.54, 1.807) is 58.0 Å². The molecule has 0 radical (unpaired) electrons. The molecule has 17 amide bonds. The van der Waals surface area contributed by atoms with E-state index in [-0.39, 0.29) is 79.3 Å². The van der Waals surface area contributed by atoms with E-state index in [4.69, 9.17) is 5.73 Å². The minimum Gasteiger partial charge on any atom is -0.508 e. The maximum Gasteiger partial charge on any atom is 0.305 e. The summed E-state index contributed by atoms with van der Waals surface area (Å²) in [7, 11) is 0. The van der Waals surface area contributed by atoms with Gasteiger partial charge in [0, 0.05) is 44.8 Å². The van der Waals surface area contributed by atoms with E-state index < -0.39 is 279 Å². The molecule has 1 aliphatic heterocycles. The molecule has 0 aliphatic carbocycles. The number of aliphatic carboxylic acids is 3. The normalized spacial score (nSPS) is 15.2. The molecule has 137 heavy (non-hydrogen) atoms. The van der Waals surface area contributed by atoms with Gasteiger partial charge in [0.25, 0.3) is 11.8 Å². The van der Waals surface area contributed by atoms with Crippen LogP contribution >= 0.6 is 0 Å². The lowest BCUT2D eigenvalue weighted by Gasteiger charge is -2.30. The average molecular weight is 1920 g/mol. The Kier molecular flexibility index (Phi) is 46.1. The number of hydrogen-bond acceptors (Lipinski definition) is 27. The van der Waals surface area contributed by atoms with Crippen molar-refractivity contribution in [3.8, 4) is 11.5 Å². The van der Waals surface area contributed by atoms with Crippen LogP contribution in [0.5, 0.6) is 11.5 Å². The zero-order valence-corrected chi connectivity index (χ0v) is 77.5. The number of fused-ring (bicyclic) bond motifs is 1. The molecule has 0 aromatic heterocycles. The van der Waals surface area contributed by atoms with Gasteiger partial charge in [0.05, 0.1) is 55.9 Å². The highest BCUT2D eigenvalue weighted by Crippen LogP contribution is 2.25. The van der Waals surface area contributed by atoms with Gasteiger partial charge in [-0.05, 0) is 145 Å². The number of aliphatic hydroxyl groups is 4. The minimum absolute atomic E-state index is 0.0168. The van der Waals surface area contributed by atoms with Crippen molar-refractivity contribution in [3.63, 3.8) is 0 Å². The second-order valence-electron chi connectivity index (χ2n) is 34.3. The maximum absolute atomic E-state index is 14.7. The molecule has 46 nitrogen and oxygen atoms in total. The minimum atomic E-state index is -2.24. The Balaban J connectivity index is 1.29. The van der Waals surface area contributed by atoms with Crippen LogP contribution in [-0.4, -0.2) is 299 Å². The van der Waals surface area contributed by atoms with Crippen molar-refractivity contribution in [2.75, 3.05) is 39.4 Å². The lowest BCUT2D eigenvalue weighted by Crippen LogP contribution is -2.63. The zero-order valence-electron chi connectivity index (χ0n) is 77.5. The van der Waals surface area contributed by atoms with Crippen molar-refractivity contribution in [2.24, 2.45) is 23.0 Å². The van der Waals surface area contributed by atoms with Crippen LogP contribution < -0.4 is 85.5 Å².